The van der Waals surface area contributed by atoms with E-state index in [1.807, 2.05) is 25.1 Å². The summed E-state index contributed by atoms with van der Waals surface area (Å²) in [6, 6.07) is 5.83. The third-order valence-corrected chi connectivity index (χ3v) is 4.09. The van der Waals surface area contributed by atoms with Gasteiger partial charge < -0.3 is 10.1 Å². The van der Waals surface area contributed by atoms with Gasteiger partial charge in [-0.05, 0) is 18.6 Å². The topological polar surface area (TPSA) is 47.0 Å². The van der Waals surface area contributed by atoms with Gasteiger partial charge in [0.2, 0.25) is 0 Å². The van der Waals surface area contributed by atoms with Crippen molar-refractivity contribution in [2.24, 2.45) is 0 Å². The summed E-state index contributed by atoms with van der Waals surface area (Å²) in [6.07, 6.45) is 0. The molecule has 0 aliphatic carbocycles. The maximum absolute atomic E-state index is 6.12. The first kappa shape index (κ1) is 14.4. The van der Waals surface area contributed by atoms with E-state index in [4.69, 9.17) is 16.3 Å². The summed E-state index contributed by atoms with van der Waals surface area (Å²) in [4.78, 5) is 0. The van der Waals surface area contributed by atoms with Crippen LogP contribution < -0.4 is 5.32 Å². The summed E-state index contributed by atoms with van der Waals surface area (Å²) in [5.74, 6) is 0. The van der Waals surface area contributed by atoms with Crippen molar-refractivity contribution in [3.8, 4) is 10.6 Å². The number of rotatable bonds is 6. The molecule has 0 saturated carbocycles. The van der Waals surface area contributed by atoms with Gasteiger partial charge in [0.25, 0.3) is 0 Å². The Balaban J connectivity index is 2.06. The number of hydrogen-bond acceptors (Lipinski definition) is 5. The summed E-state index contributed by atoms with van der Waals surface area (Å²) in [5.41, 5.74) is 2.09. The molecular formula is C13H16ClN3OS. The normalized spacial score (nSPS) is 10.9. The lowest BCUT2D eigenvalue weighted by atomic mass is 10.1. The Morgan fingerprint density at radius 2 is 2.21 bits per heavy atom. The molecule has 2 rings (SSSR count). The molecule has 0 aliphatic heterocycles. The van der Waals surface area contributed by atoms with E-state index in [9.17, 15) is 0 Å². The number of ether oxygens (including phenoxy) is 1. The Bertz CT molecular complexity index is 544. The van der Waals surface area contributed by atoms with E-state index in [-0.39, 0.29) is 0 Å². The highest BCUT2D eigenvalue weighted by molar-refractivity contribution is 7.14. The van der Waals surface area contributed by atoms with Crippen LogP contribution in [0, 0.1) is 6.92 Å². The summed E-state index contributed by atoms with van der Waals surface area (Å²) in [6.45, 7) is 4.21. The van der Waals surface area contributed by atoms with Gasteiger partial charge in [0.15, 0.2) is 0 Å². The van der Waals surface area contributed by atoms with E-state index >= 15 is 0 Å². The van der Waals surface area contributed by atoms with E-state index in [2.05, 4.69) is 15.5 Å². The molecule has 1 aromatic carbocycles. The molecular weight excluding hydrogens is 282 g/mol. The number of halogens is 1. The van der Waals surface area contributed by atoms with Gasteiger partial charge in [0.1, 0.15) is 10.0 Å². The molecule has 0 atom stereocenters. The molecule has 0 bridgehead atoms. The predicted molar refractivity (Wildman–Crippen MR) is 78.7 cm³/mol. The van der Waals surface area contributed by atoms with Crippen molar-refractivity contribution in [1.82, 2.24) is 15.5 Å². The van der Waals surface area contributed by atoms with Crippen LogP contribution in [0.25, 0.3) is 10.6 Å². The molecule has 0 aliphatic rings. The molecule has 102 valence electrons. The third-order valence-electron chi connectivity index (χ3n) is 2.72. The lowest BCUT2D eigenvalue weighted by Crippen LogP contribution is -2.18. The SMILES string of the molecule is COCCNCc1nnc(-c2cccc(Cl)c2C)s1. The zero-order valence-corrected chi connectivity index (χ0v) is 12.5. The number of hydrogen-bond donors (Lipinski definition) is 1. The predicted octanol–water partition coefficient (Wildman–Crippen LogP) is 2.90. The Hall–Kier alpha value is -1.01. The van der Waals surface area contributed by atoms with Crippen molar-refractivity contribution in [3.05, 3.63) is 33.8 Å². The van der Waals surface area contributed by atoms with Crippen LogP contribution >= 0.6 is 22.9 Å². The number of aromatic nitrogens is 2. The first-order valence-corrected chi connectivity index (χ1v) is 7.19. The number of benzene rings is 1. The van der Waals surface area contributed by atoms with Gasteiger partial charge in [-0.3, -0.25) is 0 Å². The average Bonchev–Trinajstić information content (AvgIpc) is 2.87. The molecule has 0 radical (unpaired) electrons. The van der Waals surface area contributed by atoms with E-state index in [0.717, 1.165) is 32.7 Å². The molecule has 1 aromatic heterocycles. The fraction of sp³-hybridized carbons (Fsp3) is 0.385. The van der Waals surface area contributed by atoms with Crippen molar-refractivity contribution in [2.45, 2.75) is 13.5 Å². The molecule has 1 N–H and O–H groups in total. The van der Waals surface area contributed by atoms with Crippen LogP contribution in [0.2, 0.25) is 5.02 Å². The first-order chi connectivity index (χ1) is 9.22. The van der Waals surface area contributed by atoms with Crippen LogP contribution in [0.15, 0.2) is 18.2 Å². The minimum Gasteiger partial charge on any atom is -0.383 e. The molecule has 4 nitrogen and oxygen atoms in total. The fourth-order valence-electron chi connectivity index (χ4n) is 1.64. The summed E-state index contributed by atoms with van der Waals surface area (Å²) < 4.78 is 4.97. The summed E-state index contributed by atoms with van der Waals surface area (Å²) >= 11 is 7.70. The van der Waals surface area contributed by atoms with Crippen molar-refractivity contribution in [1.29, 1.82) is 0 Å². The Labute approximate surface area is 121 Å². The second-order valence-electron chi connectivity index (χ2n) is 4.08. The lowest BCUT2D eigenvalue weighted by molar-refractivity contribution is 0.199. The quantitative estimate of drug-likeness (QED) is 0.833. The number of nitrogens with one attached hydrogen (secondary N) is 1. The average molecular weight is 298 g/mol. The largest absolute Gasteiger partial charge is 0.383 e. The van der Waals surface area contributed by atoms with Gasteiger partial charge >= 0.3 is 0 Å². The summed E-state index contributed by atoms with van der Waals surface area (Å²) in [7, 11) is 1.69. The van der Waals surface area contributed by atoms with E-state index in [1.54, 1.807) is 18.4 Å². The van der Waals surface area contributed by atoms with E-state index in [1.165, 1.54) is 0 Å². The van der Waals surface area contributed by atoms with Crippen molar-refractivity contribution in [3.63, 3.8) is 0 Å². The minimum atomic E-state index is 0.694. The molecule has 0 spiro atoms. The molecule has 0 amide bonds. The smallest absolute Gasteiger partial charge is 0.148 e. The maximum atomic E-state index is 6.12. The highest BCUT2D eigenvalue weighted by Crippen LogP contribution is 2.30. The first-order valence-electron chi connectivity index (χ1n) is 6.00. The zero-order chi connectivity index (χ0) is 13.7. The zero-order valence-electron chi connectivity index (χ0n) is 10.9. The lowest BCUT2D eigenvalue weighted by Gasteiger charge is -2.02. The van der Waals surface area contributed by atoms with E-state index in [0.29, 0.717) is 13.2 Å². The van der Waals surface area contributed by atoms with E-state index < -0.39 is 0 Å². The molecule has 0 saturated heterocycles. The Morgan fingerprint density at radius 3 is 3.00 bits per heavy atom. The van der Waals surface area contributed by atoms with Crippen molar-refractivity contribution < 1.29 is 4.74 Å². The second-order valence-corrected chi connectivity index (χ2v) is 5.55. The number of methoxy groups -OCH3 is 1. The van der Waals surface area contributed by atoms with Gasteiger partial charge in [-0.25, -0.2) is 0 Å². The van der Waals surface area contributed by atoms with Crippen molar-refractivity contribution >= 4 is 22.9 Å². The van der Waals surface area contributed by atoms with Gasteiger partial charge in [-0.2, -0.15) is 0 Å². The fourth-order valence-corrected chi connectivity index (χ4v) is 2.71. The van der Waals surface area contributed by atoms with Gasteiger partial charge in [-0.1, -0.05) is 35.1 Å². The molecule has 0 unspecified atom stereocenters. The van der Waals surface area contributed by atoms with Gasteiger partial charge in [-0.15, -0.1) is 10.2 Å². The molecule has 6 heteroatoms. The van der Waals surface area contributed by atoms with Crippen LogP contribution in [-0.4, -0.2) is 30.5 Å². The van der Waals surface area contributed by atoms with Crippen LogP contribution in [0.5, 0.6) is 0 Å². The van der Waals surface area contributed by atoms with Crippen LogP contribution in [0.3, 0.4) is 0 Å². The number of nitrogens with zero attached hydrogens (tertiary/aromatic N) is 2. The molecule has 1 heterocycles. The second kappa shape index (κ2) is 6.96. The maximum Gasteiger partial charge on any atom is 0.148 e. The van der Waals surface area contributed by atoms with Crippen LogP contribution in [-0.2, 0) is 11.3 Å². The standard InChI is InChI=1S/C13H16ClN3OS/c1-9-10(4-3-5-11(9)14)13-17-16-12(19-13)8-15-6-7-18-2/h3-5,15H,6-8H2,1-2H3. The Kier molecular flexibility index (Phi) is 5.27. The highest BCUT2D eigenvalue weighted by atomic mass is 35.5. The third kappa shape index (κ3) is 3.73. The molecule has 2 aromatic rings. The van der Waals surface area contributed by atoms with Crippen molar-refractivity contribution in [2.75, 3.05) is 20.3 Å². The molecule has 0 fully saturated rings. The highest BCUT2D eigenvalue weighted by Gasteiger charge is 2.10. The minimum absolute atomic E-state index is 0.694. The van der Waals surface area contributed by atoms with Crippen LogP contribution in [0.4, 0.5) is 0 Å². The summed E-state index contributed by atoms with van der Waals surface area (Å²) in [5, 5.41) is 14.3. The monoisotopic (exact) mass is 297 g/mol. The van der Waals surface area contributed by atoms with Crippen LogP contribution in [0.1, 0.15) is 10.6 Å². The Morgan fingerprint density at radius 1 is 1.37 bits per heavy atom. The van der Waals surface area contributed by atoms with Gasteiger partial charge in [0.05, 0.1) is 6.61 Å². The molecule has 19 heavy (non-hydrogen) atoms. The van der Waals surface area contributed by atoms with Gasteiger partial charge in [0, 0.05) is 30.8 Å².